The molecular weight excluding hydrogens is 252 g/mol. The summed E-state index contributed by atoms with van der Waals surface area (Å²) in [6.45, 7) is 6.04. The third kappa shape index (κ3) is 2.23. The molecule has 0 fully saturated rings. The van der Waals surface area contributed by atoms with E-state index in [0.29, 0.717) is 22.8 Å². The van der Waals surface area contributed by atoms with Gasteiger partial charge in [0.2, 0.25) is 5.88 Å². The van der Waals surface area contributed by atoms with Gasteiger partial charge in [0.25, 0.3) is 0 Å². The van der Waals surface area contributed by atoms with Gasteiger partial charge in [-0.1, -0.05) is 26.0 Å². The van der Waals surface area contributed by atoms with E-state index in [1.54, 1.807) is 14.0 Å². The number of methoxy groups -OCH3 is 1. The van der Waals surface area contributed by atoms with Crippen LogP contribution in [0, 0.1) is 18.3 Å². The zero-order valence-electron chi connectivity index (χ0n) is 12.2. The van der Waals surface area contributed by atoms with E-state index in [1.807, 2.05) is 18.2 Å². The first-order valence-corrected chi connectivity index (χ1v) is 6.46. The van der Waals surface area contributed by atoms with Gasteiger partial charge < -0.3 is 14.9 Å². The number of furan rings is 1. The third-order valence-corrected chi connectivity index (χ3v) is 3.38. The van der Waals surface area contributed by atoms with E-state index >= 15 is 0 Å². The summed E-state index contributed by atoms with van der Waals surface area (Å²) >= 11 is 0. The van der Waals surface area contributed by atoms with Crippen molar-refractivity contribution >= 4 is 5.88 Å². The van der Waals surface area contributed by atoms with Gasteiger partial charge in [-0.25, -0.2) is 0 Å². The van der Waals surface area contributed by atoms with Crippen molar-refractivity contribution in [3.8, 4) is 22.9 Å². The molecule has 0 amide bonds. The van der Waals surface area contributed by atoms with Crippen LogP contribution in [0.15, 0.2) is 22.6 Å². The Morgan fingerprint density at radius 3 is 2.60 bits per heavy atom. The molecule has 1 aromatic carbocycles. The highest BCUT2D eigenvalue weighted by Gasteiger charge is 2.20. The normalized spacial score (nSPS) is 10.6. The molecule has 0 aliphatic carbocycles. The fourth-order valence-corrected chi connectivity index (χ4v) is 2.28. The molecule has 1 heterocycles. The second kappa shape index (κ2) is 5.30. The van der Waals surface area contributed by atoms with E-state index in [2.05, 4.69) is 19.9 Å². The van der Waals surface area contributed by atoms with Crippen LogP contribution >= 0.6 is 0 Å². The number of nitrogens with two attached hydrogens (primary N) is 1. The molecule has 0 saturated heterocycles. The minimum absolute atomic E-state index is 0.148. The van der Waals surface area contributed by atoms with Crippen molar-refractivity contribution in [1.82, 2.24) is 0 Å². The predicted octanol–water partition coefficient (Wildman–Crippen LogP) is 3.84. The van der Waals surface area contributed by atoms with Crippen LogP contribution < -0.4 is 10.5 Å². The smallest absolute Gasteiger partial charge is 0.209 e. The van der Waals surface area contributed by atoms with Gasteiger partial charge in [0.15, 0.2) is 0 Å². The number of nitrogens with zero attached hydrogens (tertiary/aromatic N) is 1. The van der Waals surface area contributed by atoms with E-state index < -0.39 is 0 Å². The first-order chi connectivity index (χ1) is 9.49. The van der Waals surface area contributed by atoms with Crippen molar-refractivity contribution < 1.29 is 9.15 Å². The zero-order chi connectivity index (χ0) is 14.9. The van der Waals surface area contributed by atoms with E-state index in [-0.39, 0.29) is 5.88 Å². The molecule has 4 heteroatoms. The maximum atomic E-state index is 9.25. The summed E-state index contributed by atoms with van der Waals surface area (Å²) in [4.78, 5) is 0. The molecule has 2 N–H and O–H groups in total. The molecular formula is C16H18N2O2. The lowest BCUT2D eigenvalue weighted by atomic mass is 9.96. The van der Waals surface area contributed by atoms with Gasteiger partial charge in [-0.3, -0.25) is 0 Å². The predicted molar refractivity (Wildman–Crippen MR) is 78.6 cm³/mol. The Morgan fingerprint density at radius 1 is 1.35 bits per heavy atom. The Hall–Kier alpha value is -2.41. The van der Waals surface area contributed by atoms with Gasteiger partial charge in [0.1, 0.15) is 23.1 Å². The lowest BCUT2D eigenvalue weighted by Gasteiger charge is -2.12. The lowest BCUT2D eigenvalue weighted by molar-refractivity contribution is 0.415. The van der Waals surface area contributed by atoms with Crippen molar-refractivity contribution in [3.63, 3.8) is 0 Å². The van der Waals surface area contributed by atoms with Gasteiger partial charge in [-0.05, 0) is 24.5 Å². The van der Waals surface area contributed by atoms with Crippen LogP contribution in [-0.4, -0.2) is 7.11 Å². The molecule has 4 nitrogen and oxygen atoms in total. The number of rotatable bonds is 3. The third-order valence-electron chi connectivity index (χ3n) is 3.38. The Balaban J connectivity index is 2.68. The average molecular weight is 270 g/mol. The molecule has 2 aromatic rings. The molecule has 0 atom stereocenters. The van der Waals surface area contributed by atoms with Crippen molar-refractivity contribution in [3.05, 3.63) is 35.1 Å². The molecule has 0 bridgehead atoms. The molecule has 0 unspecified atom stereocenters. The quantitative estimate of drug-likeness (QED) is 0.919. The molecule has 0 aliphatic heterocycles. The summed E-state index contributed by atoms with van der Waals surface area (Å²) in [7, 11) is 1.62. The van der Waals surface area contributed by atoms with Crippen LogP contribution in [0.4, 0.5) is 5.88 Å². The maximum Gasteiger partial charge on any atom is 0.209 e. The van der Waals surface area contributed by atoms with Gasteiger partial charge >= 0.3 is 0 Å². The first-order valence-electron chi connectivity index (χ1n) is 6.46. The van der Waals surface area contributed by atoms with Crippen LogP contribution in [0.3, 0.4) is 0 Å². The Kier molecular flexibility index (Phi) is 3.71. The fourth-order valence-electron chi connectivity index (χ4n) is 2.28. The maximum absolute atomic E-state index is 9.25. The van der Waals surface area contributed by atoms with Crippen LogP contribution in [-0.2, 0) is 0 Å². The van der Waals surface area contributed by atoms with Gasteiger partial charge in [-0.15, -0.1) is 0 Å². The highest BCUT2D eigenvalue weighted by molar-refractivity contribution is 5.81. The van der Waals surface area contributed by atoms with Crippen LogP contribution in [0.2, 0.25) is 0 Å². The van der Waals surface area contributed by atoms with Crippen LogP contribution in [0.5, 0.6) is 5.75 Å². The van der Waals surface area contributed by atoms with E-state index in [9.17, 15) is 5.26 Å². The standard InChI is InChI=1S/C16H18N2O2/c1-9(2)11-5-6-12(14(7-11)19-4)15-10(3)20-16(18)13(15)8-17/h5-7,9H,18H2,1-4H3. The SMILES string of the molecule is COc1cc(C(C)C)ccc1-c1c(C)oc(N)c1C#N. The van der Waals surface area contributed by atoms with E-state index in [4.69, 9.17) is 14.9 Å². The number of hydrogen-bond acceptors (Lipinski definition) is 4. The molecule has 0 saturated carbocycles. The number of nitrogen functional groups attached to an aromatic ring is 1. The molecule has 2 rings (SSSR count). The van der Waals surface area contributed by atoms with Crippen molar-refractivity contribution in [1.29, 1.82) is 5.26 Å². The molecule has 0 spiro atoms. The molecule has 104 valence electrons. The molecule has 0 radical (unpaired) electrons. The molecule has 1 aromatic heterocycles. The summed E-state index contributed by atoms with van der Waals surface area (Å²) < 4.78 is 10.8. The first kappa shape index (κ1) is 14.0. The number of hydrogen-bond donors (Lipinski definition) is 1. The summed E-state index contributed by atoms with van der Waals surface area (Å²) in [6, 6.07) is 8.07. The topological polar surface area (TPSA) is 72.2 Å². The van der Waals surface area contributed by atoms with Crippen molar-refractivity contribution in [2.24, 2.45) is 0 Å². The van der Waals surface area contributed by atoms with Crippen LogP contribution in [0.25, 0.3) is 11.1 Å². The second-order valence-electron chi connectivity index (χ2n) is 5.00. The Morgan fingerprint density at radius 2 is 2.05 bits per heavy atom. The van der Waals surface area contributed by atoms with Gasteiger partial charge in [-0.2, -0.15) is 5.26 Å². The second-order valence-corrected chi connectivity index (χ2v) is 5.00. The monoisotopic (exact) mass is 270 g/mol. The number of benzene rings is 1. The van der Waals surface area contributed by atoms with E-state index in [1.165, 1.54) is 5.56 Å². The molecule has 0 aliphatic rings. The van der Waals surface area contributed by atoms with Crippen molar-refractivity contribution in [2.45, 2.75) is 26.7 Å². The highest BCUT2D eigenvalue weighted by Crippen LogP contribution is 2.39. The summed E-state index contributed by atoms with van der Waals surface area (Å²) in [6.07, 6.45) is 0. The minimum atomic E-state index is 0.148. The Bertz CT molecular complexity index is 679. The largest absolute Gasteiger partial charge is 0.496 e. The van der Waals surface area contributed by atoms with Gasteiger partial charge in [0.05, 0.1) is 7.11 Å². The zero-order valence-corrected chi connectivity index (χ0v) is 12.2. The average Bonchev–Trinajstić information content (AvgIpc) is 2.71. The minimum Gasteiger partial charge on any atom is -0.496 e. The number of nitriles is 1. The highest BCUT2D eigenvalue weighted by atomic mass is 16.5. The summed E-state index contributed by atoms with van der Waals surface area (Å²) in [5.41, 5.74) is 8.80. The lowest BCUT2D eigenvalue weighted by Crippen LogP contribution is -1.94. The number of aryl methyl sites for hydroxylation is 1. The Labute approximate surface area is 118 Å². The number of ether oxygens (including phenoxy) is 1. The summed E-state index contributed by atoms with van der Waals surface area (Å²) in [5, 5.41) is 9.25. The van der Waals surface area contributed by atoms with E-state index in [0.717, 1.165) is 11.3 Å². The van der Waals surface area contributed by atoms with Gasteiger partial charge in [0, 0.05) is 11.1 Å². The fraction of sp³-hybridized carbons (Fsp3) is 0.312. The van der Waals surface area contributed by atoms with Crippen LogP contribution in [0.1, 0.15) is 36.7 Å². The molecule has 20 heavy (non-hydrogen) atoms. The number of anilines is 1. The van der Waals surface area contributed by atoms with Crippen molar-refractivity contribution in [2.75, 3.05) is 12.8 Å². The summed E-state index contributed by atoms with van der Waals surface area (Å²) in [5.74, 6) is 1.89.